The fraction of sp³-hybridized carbons (Fsp3) is 0.529. The van der Waals surface area contributed by atoms with Gasteiger partial charge < -0.3 is 5.32 Å². The molecule has 0 heterocycles. The highest BCUT2D eigenvalue weighted by molar-refractivity contribution is 5.28. The van der Waals surface area contributed by atoms with E-state index in [-0.39, 0.29) is 6.04 Å². The summed E-state index contributed by atoms with van der Waals surface area (Å²) in [4.78, 5) is 0. The Morgan fingerprint density at radius 1 is 1.14 bits per heavy atom. The highest BCUT2D eigenvalue weighted by Crippen LogP contribution is 2.32. The molecule has 0 bridgehead atoms. The summed E-state index contributed by atoms with van der Waals surface area (Å²) in [6.07, 6.45) is 3.62. The molecule has 1 nitrogen and oxygen atoms in total. The molecule has 1 atom stereocenters. The van der Waals surface area contributed by atoms with Crippen molar-refractivity contribution in [1.29, 1.82) is 0 Å². The molecule has 1 unspecified atom stereocenters. The normalized spacial score (nSPS) is 17.4. The maximum absolute atomic E-state index is 12.6. The van der Waals surface area contributed by atoms with Crippen LogP contribution in [0.4, 0.5) is 13.2 Å². The Hall–Kier alpha value is -1.29. The zero-order valence-corrected chi connectivity index (χ0v) is 12.3. The lowest BCUT2D eigenvalue weighted by atomic mass is 9.91. The first-order valence-electron chi connectivity index (χ1n) is 7.59. The van der Waals surface area contributed by atoms with Gasteiger partial charge in [-0.05, 0) is 56.3 Å². The average Bonchev–Trinajstić information content (AvgIpc) is 2.47. The molecule has 2 rings (SSSR count). The van der Waals surface area contributed by atoms with Gasteiger partial charge in [-0.1, -0.05) is 30.7 Å². The Labute approximate surface area is 124 Å². The van der Waals surface area contributed by atoms with Gasteiger partial charge in [-0.2, -0.15) is 13.2 Å². The van der Waals surface area contributed by atoms with Crippen LogP contribution in [0.1, 0.15) is 56.2 Å². The third-order valence-electron chi connectivity index (χ3n) is 3.94. The second-order valence-electron chi connectivity index (χ2n) is 5.54. The second-order valence-corrected chi connectivity index (χ2v) is 5.54. The molecular weight excluding hydrogens is 275 g/mol. The van der Waals surface area contributed by atoms with Gasteiger partial charge in [-0.3, -0.25) is 0 Å². The van der Waals surface area contributed by atoms with E-state index in [4.69, 9.17) is 0 Å². The van der Waals surface area contributed by atoms with Crippen LogP contribution < -0.4 is 5.32 Å². The summed E-state index contributed by atoms with van der Waals surface area (Å²) in [5, 5.41) is 3.38. The van der Waals surface area contributed by atoms with E-state index >= 15 is 0 Å². The van der Waals surface area contributed by atoms with Crippen molar-refractivity contribution in [3.05, 3.63) is 47.0 Å². The molecular formula is C17H22F3N. The predicted molar refractivity (Wildman–Crippen MR) is 79.0 cm³/mol. The van der Waals surface area contributed by atoms with Crippen LogP contribution in [-0.2, 0) is 6.18 Å². The summed E-state index contributed by atoms with van der Waals surface area (Å²) in [5.41, 5.74) is 1.77. The lowest BCUT2D eigenvalue weighted by Crippen LogP contribution is -2.22. The summed E-state index contributed by atoms with van der Waals surface area (Å²) >= 11 is 0. The minimum Gasteiger partial charge on any atom is -0.310 e. The van der Waals surface area contributed by atoms with E-state index in [9.17, 15) is 13.2 Å². The fourth-order valence-corrected chi connectivity index (χ4v) is 2.81. The Bertz CT molecular complexity index is 474. The minimum atomic E-state index is -4.27. The molecule has 21 heavy (non-hydrogen) atoms. The summed E-state index contributed by atoms with van der Waals surface area (Å²) < 4.78 is 37.9. The topological polar surface area (TPSA) is 12.0 Å². The van der Waals surface area contributed by atoms with Crippen LogP contribution in [0.5, 0.6) is 0 Å². The molecule has 0 fully saturated rings. The quantitative estimate of drug-likeness (QED) is 0.732. The molecule has 1 aliphatic carbocycles. The van der Waals surface area contributed by atoms with Crippen LogP contribution in [0, 0.1) is 0 Å². The summed E-state index contributed by atoms with van der Waals surface area (Å²) in [6, 6.07) is 5.64. The molecule has 0 amide bonds. The molecule has 1 aromatic rings. The lowest BCUT2D eigenvalue weighted by molar-refractivity contribution is -0.137. The molecule has 1 N–H and O–H groups in total. The maximum atomic E-state index is 12.6. The number of benzene rings is 1. The SMILES string of the molecule is CCNC(CC1=CCCCC1)c1ccc(C(F)(F)F)cc1. The van der Waals surface area contributed by atoms with Crippen LogP contribution in [-0.4, -0.2) is 6.54 Å². The van der Waals surface area contributed by atoms with Crippen LogP contribution in [0.15, 0.2) is 35.9 Å². The molecule has 0 aliphatic heterocycles. The fourth-order valence-electron chi connectivity index (χ4n) is 2.81. The molecule has 0 aromatic heterocycles. The van der Waals surface area contributed by atoms with E-state index in [0.29, 0.717) is 0 Å². The Morgan fingerprint density at radius 2 is 1.86 bits per heavy atom. The first-order valence-corrected chi connectivity index (χ1v) is 7.59. The van der Waals surface area contributed by atoms with Crippen molar-refractivity contribution in [3.63, 3.8) is 0 Å². The smallest absolute Gasteiger partial charge is 0.310 e. The van der Waals surface area contributed by atoms with Crippen LogP contribution in [0.2, 0.25) is 0 Å². The highest BCUT2D eigenvalue weighted by atomic mass is 19.4. The Balaban J connectivity index is 2.12. The van der Waals surface area contributed by atoms with Crippen molar-refractivity contribution in [1.82, 2.24) is 5.32 Å². The Morgan fingerprint density at radius 3 is 2.38 bits per heavy atom. The highest BCUT2D eigenvalue weighted by Gasteiger charge is 2.30. The molecule has 0 saturated carbocycles. The molecule has 1 aromatic carbocycles. The van der Waals surface area contributed by atoms with Crippen LogP contribution in [0.3, 0.4) is 0 Å². The molecule has 0 spiro atoms. The van der Waals surface area contributed by atoms with Gasteiger partial charge in [0.1, 0.15) is 0 Å². The van der Waals surface area contributed by atoms with Crippen molar-refractivity contribution >= 4 is 0 Å². The number of alkyl halides is 3. The van der Waals surface area contributed by atoms with E-state index in [1.807, 2.05) is 6.92 Å². The number of hydrogen-bond acceptors (Lipinski definition) is 1. The number of rotatable bonds is 5. The van der Waals surface area contributed by atoms with Crippen molar-refractivity contribution < 1.29 is 13.2 Å². The predicted octanol–water partition coefficient (Wildman–Crippen LogP) is 5.25. The zero-order chi connectivity index (χ0) is 15.3. The van der Waals surface area contributed by atoms with E-state index < -0.39 is 11.7 Å². The van der Waals surface area contributed by atoms with Gasteiger partial charge in [0.2, 0.25) is 0 Å². The molecule has 4 heteroatoms. The van der Waals surface area contributed by atoms with Gasteiger partial charge in [-0.25, -0.2) is 0 Å². The molecule has 116 valence electrons. The summed E-state index contributed by atoms with van der Waals surface area (Å²) in [5.74, 6) is 0. The summed E-state index contributed by atoms with van der Waals surface area (Å²) in [7, 11) is 0. The standard InChI is InChI=1S/C17H22F3N/c1-2-21-16(12-13-6-4-3-5-7-13)14-8-10-15(11-9-14)17(18,19)20/h6,8-11,16,21H,2-5,7,12H2,1H3. The van der Waals surface area contributed by atoms with Crippen molar-refractivity contribution in [2.24, 2.45) is 0 Å². The van der Waals surface area contributed by atoms with Gasteiger partial charge in [0.05, 0.1) is 5.56 Å². The second kappa shape index (κ2) is 7.12. The number of allylic oxidation sites excluding steroid dienone is 1. The largest absolute Gasteiger partial charge is 0.416 e. The first-order chi connectivity index (χ1) is 10.0. The number of hydrogen-bond donors (Lipinski definition) is 1. The van der Waals surface area contributed by atoms with E-state index in [1.54, 1.807) is 12.1 Å². The average molecular weight is 297 g/mol. The van der Waals surface area contributed by atoms with Gasteiger partial charge >= 0.3 is 6.18 Å². The van der Waals surface area contributed by atoms with Crippen molar-refractivity contribution in [3.8, 4) is 0 Å². The van der Waals surface area contributed by atoms with Crippen molar-refractivity contribution in [2.45, 2.75) is 51.2 Å². The maximum Gasteiger partial charge on any atom is 0.416 e. The van der Waals surface area contributed by atoms with Crippen LogP contribution >= 0.6 is 0 Å². The third-order valence-corrected chi connectivity index (χ3v) is 3.94. The monoisotopic (exact) mass is 297 g/mol. The van der Waals surface area contributed by atoms with Gasteiger partial charge in [0, 0.05) is 6.04 Å². The Kier molecular flexibility index (Phi) is 5.45. The van der Waals surface area contributed by atoms with E-state index in [2.05, 4.69) is 11.4 Å². The van der Waals surface area contributed by atoms with Crippen molar-refractivity contribution in [2.75, 3.05) is 6.54 Å². The molecule has 0 saturated heterocycles. The summed E-state index contributed by atoms with van der Waals surface area (Å²) in [6.45, 7) is 2.82. The first kappa shape index (κ1) is 16.1. The minimum absolute atomic E-state index is 0.0987. The molecule has 0 radical (unpaired) electrons. The lowest BCUT2D eigenvalue weighted by Gasteiger charge is -2.22. The van der Waals surface area contributed by atoms with E-state index in [0.717, 1.165) is 31.4 Å². The van der Waals surface area contributed by atoms with Crippen LogP contribution in [0.25, 0.3) is 0 Å². The van der Waals surface area contributed by atoms with Gasteiger partial charge in [0.25, 0.3) is 0 Å². The third kappa shape index (κ3) is 4.60. The van der Waals surface area contributed by atoms with Gasteiger partial charge in [0.15, 0.2) is 0 Å². The molecule has 1 aliphatic rings. The zero-order valence-electron chi connectivity index (χ0n) is 12.3. The number of nitrogens with one attached hydrogen (secondary N) is 1. The van der Waals surface area contributed by atoms with E-state index in [1.165, 1.54) is 30.5 Å². The van der Waals surface area contributed by atoms with Gasteiger partial charge in [-0.15, -0.1) is 0 Å². The number of halogens is 3.